The van der Waals surface area contributed by atoms with Gasteiger partial charge >= 0.3 is 0 Å². The van der Waals surface area contributed by atoms with Crippen molar-refractivity contribution < 1.29 is 0 Å². The van der Waals surface area contributed by atoms with Crippen molar-refractivity contribution in [2.24, 2.45) is 0 Å². The van der Waals surface area contributed by atoms with Gasteiger partial charge in [-0.1, -0.05) is 107 Å². The Morgan fingerprint density at radius 1 is 0.339 bits per heavy atom. The van der Waals surface area contributed by atoms with Gasteiger partial charge in [0.15, 0.2) is 0 Å². The fourth-order valence-corrected chi connectivity index (χ4v) is 9.14. The Kier molecular flexibility index (Phi) is 8.37. The van der Waals surface area contributed by atoms with Gasteiger partial charge in [-0.3, -0.25) is 0 Å². The lowest BCUT2D eigenvalue weighted by atomic mass is 9.96. The molecule has 0 radical (unpaired) electrons. The fourth-order valence-electron chi connectivity index (χ4n) is 9.14. The third kappa shape index (κ3) is 6.07. The summed E-state index contributed by atoms with van der Waals surface area (Å²) in [5.41, 5.74) is 20.8. The van der Waals surface area contributed by atoms with Gasteiger partial charge in [-0.15, -0.1) is 0 Å². The fraction of sp³-hybridized carbons (Fsp3) is 0.148. The van der Waals surface area contributed by atoms with E-state index in [-0.39, 0.29) is 0 Å². The molecule has 0 N–H and O–H groups in total. The molecule has 0 unspecified atom stereocenters. The monoisotopic (exact) mass is 722 g/mol. The summed E-state index contributed by atoms with van der Waals surface area (Å²) in [5.74, 6) is 0. The maximum Gasteiger partial charge on any atom is 0.0470 e. The molecule has 0 bridgehead atoms. The molecule has 272 valence electrons. The van der Waals surface area contributed by atoms with Crippen LogP contribution in [-0.2, 0) is 25.7 Å². The topological polar surface area (TPSA) is 6.48 Å². The van der Waals surface area contributed by atoms with E-state index in [4.69, 9.17) is 0 Å². The van der Waals surface area contributed by atoms with Crippen LogP contribution in [-0.4, -0.2) is 0 Å². The van der Waals surface area contributed by atoms with Crippen LogP contribution in [0.2, 0.25) is 0 Å². The first-order valence-electron chi connectivity index (χ1n) is 20.1. The first kappa shape index (κ1) is 34.1. The molecule has 2 heteroatoms. The van der Waals surface area contributed by atoms with Crippen LogP contribution in [0.4, 0.5) is 34.1 Å². The van der Waals surface area contributed by atoms with E-state index in [0.29, 0.717) is 0 Å². The molecular formula is C54H46N2. The molecule has 0 saturated carbocycles. The molecule has 0 aromatic heterocycles. The van der Waals surface area contributed by atoms with Crippen molar-refractivity contribution in [2.45, 2.75) is 53.4 Å². The maximum absolute atomic E-state index is 2.44. The molecule has 0 aliphatic heterocycles. The number of rotatable bonds is 8. The number of benzene rings is 8. The smallest absolute Gasteiger partial charge is 0.0470 e. The van der Waals surface area contributed by atoms with E-state index in [1.54, 1.807) is 0 Å². The molecule has 2 aliphatic carbocycles. The zero-order chi connectivity index (χ0) is 37.9. The lowest BCUT2D eigenvalue weighted by Crippen LogP contribution is -2.10. The SMILES string of the molecule is Cc1ccc(N(c2ccc(C)cc2)c2cc3c4c(c(C=Cc5ccc6cc(N(c7ccc(C)cc7)c7ccc(C)cc7)cc7c6c5CC7)ccc4c2)CC3)cc1. The van der Waals surface area contributed by atoms with Gasteiger partial charge in [-0.25, -0.2) is 0 Å². The Morgan fingerprint density at radius 2 is 0.661 bits per heavy atom. The largest absolute Gasteiger partial charge is 0.310 e. The van der Waals surface area contributed by atoms with Crippen LogP contribution in [0.3, 0.4) is 0 Å². The van der Waals surface area contributed by atoms with Crippen molar-refractivity contribution in [3.63, 3.8) is 0 Å². The van der Waals surface area contributed by atoms with Gasteiger partial charge in [0, 0.05) is 34.1 Å². The van der Waals surface area contributed by atoms with Crippen molar-refractivity contribution in [2.75, 3.05) is 9.80 Å². The first-order valence-corrected chi connectivity index (χ1v) is 20.1. The summed E-state index contributed by atoms with van der Waals surface area (Å²) in [4.78, 5) is 4.81. The Morgan fingerprint density at radius 3 is 0.982 bits per heavy atom. The highest BCUT2D eigenvalue weighted by Crippen LogP contribution is 2.44. The van der Waals surface area contributed by atoms with Crippen LogP contribution in [0.5, 0.6) is 0 Å². The minimum atomic E-state index is 1.06. The summed E-state index contributed by atoms with van der Waals surface area (Å²) >= 11 is 0. The van der Waals surface area contributed by atoms with Gasteiger partial charge < -0.3 is 9.80 Å². The van der Waals surface area contributed by atoms with Gasteiger partial charge in [0.2, 0.25) is 0 Å². The number of hydrogen-bond acceptors (Lipinski definition) is 2. The van der Waals surface area contributed by atoms with E-state index in [2.05, 4.69) is 195 Å². The summed E-state index contributed by atoms with van der Waals surface area (Å²) in [6.07, 6.45) is 9.03. The van der Waals surface area contributed by atoms with Gasteiger partial charge in [0.05, 0.1) is 0 Å². The Balaban J connectivity index is 0.995. The normalized spacial score (nSPS) is 13.0. The highest BCUT2D eigenvalue weighted by molar-refractivity contribution is 6.00. The lowest BCUT2D eigenvalue weighted by molar-refractivity contribution is 1.02. The maximum atomic E-state index is 2.44. The number of aryl methyl sites for hydroxylation is 8. The van der Waals surface area contributed by atoms with Gasteiger partial charge in [0.25, 0.3) is 0 Å². The molecule has 0 saturated heterocycles. The molecule has 8 aromatic carbocycles. The first-order chi connectivity index (χ1) is 27.4. The lowest BCUT2D eigenvalue weighted by Gasteiger charge is -2.26. The molecule has 0 fully saturated rings. The quantitative estimate of drug-likeness (QED) is 0.144. The predicted molar refractivity (Wildman–Crippen MR) is 240 cm³/mol. The molecule has 10 rings (SSSR count). The van der Waals surface area contributed by atoms with Crippen molar-refractivity contribution in [3.8, 4) is 0 Å². The predicted octanol–water partition coefficient (Wildman–Crippen LogP) is 14.5. The Hall–Kier alpha value is -6.38. The minimum Gasteiger partial charge on any atom is -0.310 e. The molecule has 56 heavy (non-hydrogen) atoms. The van der Waals surface area contributed by atoms with Gasteiger partial charge in [-0.05, 0) is 181 Å². The summed E-state index contributed by atoms with van der Waals surface area (Å²) in [5, 5.41) is 5.52. The molecule has 0 spiro atoms. The van der Waals surface area contributed by atoms with Crippen molar-refractivity contribution in [1.29, 1.82) is 0 Å². The summed E-state index contributed by atoms with van der Waals surface area (Å²) < 4.78 is 0. The highest BCUT2D eigenvalue weighted by atomic mass is 15.1. The molecule has 2 aliphatic rings. The average molecular weight is 723 g/mol. The van der Waals surface area contributed by atoms with E-state index in [1.165, 1.54) is 111 Å². The average Bonchev–Trinajstić information content (AvgIpc) is 3.85. The summed E-state index contributed by atoms with van der Waals surface area (Å²) in [7, 11) is 0. The molecule has 0 amide bonds. The van der Waals surface area contributed by atoms with E-state index >= 15 is 0 Å². The van der Waals surface area contributed by atoms with Crippen molar-refractivity contribution in [3.05, 3.63) is 201 Å². The second-order valence-electron chi connectivity index (χ2n) is 16.0. The molecular weight excluding hydrogens is 677 g/mol. The molecule has 0 heterocycles. The number of hydrogen-bond donors (Lipinski definition) is 0. The van der Waals surface area contributed by atoms with Crippen LogP contribution >= 0.6 is 0 Å². The Labute approximate surface area is 331 Å². The second-order valence-corrected chi connectivity index (χ2v) is 16.0. The van der Waals surface area contributed by atoms with Crippen molar-refractivity contribution >= 4 is 67.8 Å². The van der Waals surface area contributed by atoms with Crippen LogP contribution in [0.1, 0.15) is 55.6 Å². The van der Waals surface area contributed by atoms with E-state index in [9.17, 15) is 0 Å². The zero-order valence-corrected chi connectivity index (χ0v) is 32.7. The summed E-state index contributed by atoms with van der Waals surface area (Å²) in [6.45, 7) is 8.61. The van der Waals surface area contributed by atoms with Gasteiger partial charge in [0.1, 0.15) is 0 Å². The second kappa shape index (κ2) is 13.7. The van der Waals surface area contributed by atoms with Crippen LogP contribution in [0.15, 0.2) is 146 Å². The standard InChI is InChI=1S/C54H46N2/c1-35-5-21-45(22-6-35)55(46-23-7-36(2)8-24-46)49-31-41-17-15-39(51-29-19-43(33-49)53(41)51)13-14-40-16-18-42-32-50(34-44-20-30-52(40)54(42)44)56(47-25-9-37(3)10-26-47)48-27-11-38(4)12-28-48/h5-18,21-28,31-34H,19-20,29-30H2,1-4H3. The number of anilines is 6. The van der Waals surface area contributed by atoms with Crippen LogP contribution in [0, 0.1) is 27.7 Å². The van der Waals surface area contributed by atoms with Crippen molar-refractivity contribution in [1.82, 2.24) is 0 Å². The minimum absolute atomic E-state index is 1.06. The summed E-state index contributed by atoms with van der Waals surface area (Å²) in [6, 6.07) is 54.6. The number of nitrogens with zero attached hydrogens (tertiary/aromatic N) is 2. The zero-order valence-electron chi connectivity index (χ0n) is 32.7. The van der Waals surface area contributed by atoms with Crippen LogP contribution in [0.25, 0.3) is 33.7 Å². The molecule has 2 nitrogen and oxygen atoms in total. The van der Waals surface area contributed by atoms with E-state index in [0.717, 1.165) is 25.7 Å². The third-order valence-corrected chi connectivity index (χ3v) is 12.1. The Bertz CT molecular complexity index is 2520. The highest BCUT2D eigenvalue weighted by Gasteiger charge is 2.23. The third-order valence-electron chi connectivity index (χ3n) is 12.1. The van der Waals surface area contributed by atoms with Crippen LogP contribution < -0.4 is 9.80 Å². The van der Waals surface area contributed by atoms with E-state index < -0.39 is 0 Å². The van der Waals surface area contributed by atoms with E-state index in [1.807, 2.05) is 0 Å². The van der Waals surface area contributed by atoms with Gasteiger partial charge in [-0.2, -0.15) is 0 Å². The molecule has 8 aromatic rings. The molecule has 0 atom stereocenters.